The Kier molecular flexibility index (Phi) is 3.50. The summed E-state index contributed by atoms with van der Waals surface area (Å²) in [6.45, 7) is 4.28. The van der Waals surface area contributed by atoms with Gasteiger partial charge in [-0.3, -0.25) is 4.98 Å². The molecule has 0 aliphatic carbocycles. The molecule has 0 N–H and O–H groups in total. The van der Waals surface area contributed by atoms with E-state index in [4.69, 9.17) is 11.6 Å². The average Bonchev–Trinajstić information content (AvgIpc) is 2.28. The summed E-state index contributed by atoms with van der Waals surface area (Å²) in [7, 11) is 0. The minimum absolute atomic E-state index is 0.415. The van der Waals surface area contributed by atoms with Crippen molar-refractivity contribution in [2.24, 2.45) is 0 Å². The van der Waals surface area contributed by atoms with Crippen LogP contribution >= 0.6 is 27.5 Å². The zero-order chi connectivity index (χ0) is 11.7. The van der Waals surface area contributed by atoms with Gasteiger partial charge in [0.05, 0.1) is 10.5 Å². The molecule has 0 saturated heterocycles. The second-order valence-electron chi connectivity index (χ2n) is 4.13. The van der Waals surface area contributed by atoms with Gasteiger partial charge in [-0.2, -0.15) is 0 Å². The first kappa shape index (κ1) is 11.9. The highest BCUT2D eigenvalue weighted by Gasteiger charge is 2.09. The molecule has 0 aliphatic rings. The van der Waals surface area contributed by atoms with Gasteiger partial charge in [0.25, 0.3) is 0 Å². The fourth-order valence-corrected chi connectivity index (χ4v) is 2.39. The second-order valence-corrected chi connectivity index (χ2v) is 5.10. The summed E-state index contributed by atoms with van der Waals surface area (Å²) >= 11 is 9.70. The number of hydrogen-bond donors (Lipinski definition) is 0. The van der Waals surface area contributed by atoms with Gasteiger partial charge in [0.2, 0.25) is 0 Å². The van der Waals surface area contributed by atoms with Gasteiger partial charge in [0.15, 0.2) is 0 Å². The number of benzene rings is 1. The Labute approximate surface area is 109 Å². The topological polar surface area (TPSA) is 12.9 Å². The standard InChI is InChI=1S/C13H13BrClN/c1-8(2)12-6-9(7-14)10-4-3-5-11(15)13(10)16-12/h3-6,8H,7H2,1-2H3. The third-order valence-corrected chi connectivity index (χ3v) is 3.54. The summed E-state index contributed by atoms with van der Waals surface area (Å²) in [6, 6.07) is 8.07. The summed E-state index contributed by atoms with van der Waals surface area (Å²) < 4.78 is 0. The maximum atomic E-state index is 6.18. The van der Waals surface area contributed by atoms with Crippen LogP contribution in [0.1, 0.15) is 31.0 Å². The van der Waals surface area contributed by atoms with Gasteiger partial charge in [0.1, 0.15) is 0 Å². The SMILES string of the molecule is CC(C)c1cc(CBr)c2cccc(Cl)c2n1. The Balaban J connectivity index is 2.79. The summed E-state index contributed by atoms with van der Waals surface area (Å²) in [5.74, 6) is 0.415. The molecule has 0 radical (unpaired) electrons. The lowest BCUT2D eigenvalue weighted by atomic mass is 10.0. The van der Waals surface area contributed by atoms with E-state index in [0.717, 1.165) is 26.9 Å². The van der Waals surface area contributed by atoms with Crippen molar-refractivity contribution in [1.29, 1.82) is 0 Å². The van der Waals surface area contributed by atoms with Gasteiger partial charge in [-0.05, 0) is 23.6 Å². The van der Waals surface area contributed by atoms with Crippen LogP contribution < -0.4 is 0 Å². The average molecular weight is 299 g/mol. The third-order valence-electron chi connectivity index (χ3n) is 2.63. The van der Waals surface area contributed by atoms with Gasteiger partial charge in [-0.1, -0.05) is 53.5 Å². The predicted molar refractivity (Wildman–Crippen MR) is 73.5 cm³/mol. The van der Waals surface area contributed by atoms with E-state index in [1.807, 2.05) is 12.1 Å². The van der Waals surface area contributed by atoms with E-state index in [0.29, 0.717) is 5.92 Å². The van der Waals surface area contributed by atoms with E-state index >= 15 is 0 Å². The molecular formula is C13H13BrClN. The highest BCUT2D eigenvalue weighted by atomic mass is 79.9. The highest BCUT2D eigenvalue weighted by Crippen LogP contribution is 2.28. The Morgan fingerprint density at radius 3 is 2.75 bits per heavy atom. The molecule has 0 fully saturated rings. The zero-order valence-corrected chi connectivity index (χ0v) is 11.6. The number of rotatable bonds is 2. The molecule has 1 aromatic carbocycles. The van der Waals surface area contributed by atoms with Gasteiger partial charge in [0, 0.05) is 16.4 Å². The molecule has 16 heavy (non-hydrogen) atoms. The van der Waals surface area contributed by atoms with Crippen LogP contribution in [0.15, 0.2) is 24.3 Å². The molecular weight excluding hydrogens is 286 g/mol. The summed E-state index contributed by atoms with van der Waals surface area (Å²) in [6.07, 6.45) is 0. The van der Waals surface area contributed by atoms with Crippen molar-refractivity contribution in [2.75, 3.05) is 0 Å². The van der Waals surface area contributed by atoms with E-state index in [2.05, 4.69) is 46.9 Å². The highest BCUT2D eigenvalue weighted by molar-refractivity contribution is 9.08. The fourth-order valence-electron chi connectivity index (χ4n) is 1.71. The molecule has 0 spiro atoms. The summed E-state index contributed by atoms with van der Waals surface area (Å²) in [4.78, 5) is 4.63. The van der Waals surface area contributed by atoms with E-state index in [1.54, 1.807) is 0 Å². The number of nitrogens with zero attached hydrogens (tertiary/aromatic N) is 1. The molecule has 0 aliphatic heterocycles. The second kappa shape index (κ2) is 4.72. The first-order valence-corrected chi connectivity index (χ1v) is 6.77. The normalized spacial score (nSPS) is 11.3. The van der Waals surface area contributed by atoms with Crippen LogP contribution in [0.25, 0.3) is 10.9 Å². The van der Waals surface area contributed by atoms with Gasteiger partial charge >= 0.3 is 0 Å². The Hall–Kier alpha value is -0.600. The largest absolute Gasteiger partial charge is 0.251 e. The molecule has 84 valence electrons. The summed E-state index contributed by atoms with van der Waals surface area (Å²) in [5, 5.41) is 2.68. The zero-order valence-electron chi connectivity index (χ0n) is 9.30. The van der Waals surface area contributed by atoms with Crippen molar-refractivity contribution in [3.05, 3.63) is 40.5 Å². The van der Waals surface area contributed by atoms with Crippen molar-refractivity contribution in [2.45, 2.75) is 25.1 Å². The van der Waals surface area contributed by atoms with Crippen LogP contribution in [0.2, 0.25) is 5.02 Å². The van der Waals surface area contributed by atoms with E-state index < -0.39 is 0 Å². The van der Waals surface area contributed by atoms with Crippen molar-refractivity contribution in [3.63, 3.8) is 0 Å². The lowest BCUT2D eigenvalue weighted by Crippen LogP contribution is -1.96. The molecule has 1 aromatic heterocycles. The molecule has 1 nitrogen and oxygen atoms in total. The minimum atomic E-state index is 0.415. The molecule has 0 atom stereocenters. The molecule has 2 rings (SSSR count). The molecule has 0 bridgehead atoms. The number of halogens is 2. The van der Waals surface area contributed by atoms with Crippen LogP contribution in [0.5, 0.6) is 0 Å². The van der Waals surface area contributed by atoms with Crippen LogP contribution in [-0.2, 0) is 5.33 Å². The van der Waals surface area contributed by atoms with Crippen LogP contribution in [0.4, 0.5) is 0 Å². The number of fused-ring (bicyclic) bond motifs is 1. The number of hydrogen-bond acceptors (Lipinski definition) is 1. The first-order valence-electron chi connectivity index (χ1n) is 5.27. The van der Waals surface area contributed by atoms with Gasteiger partial charge in [-0.25, -0.2) is 0 Å². The quantitative estimate of drug-likeness (QED) is 0.718. The smallest absolute Gasteiger partial charge is 0.0894 e. The molecule has 0 unspecified atom stereocenters. The number of pyridine rings is 1. The maximum absolute atomic E-state index is 6.18. The Morgan fingerprint density at radius 2 is 2.12 bits per heavy atom. The Bertz CT molecular complexity index is 523. The minimum Gasteiger partial charge on any atom is -0.251 e. The molecule has 3 heteroatoms. The van der Waals surface area contributed by atoms with Crippen LogP contribution in [0, 0.1) is 0 Å². The van der Waals surface area contributed by atoms with Crippen molar-refractivity contribution in [1.82, 2.24) is 4.98 Å². The third kappa shape index (κ3) is 2.09. The molecule has 2 aromatic rings. The predicted octanol–water partition coefficient (Wildman–Crippen LogP) is 4.91. The molecule has 0 amide bonds. The van der Waals surface area contributed by atoms with E-state index in [1.165, 1.54) is 5.56 Å². The summed E-state index contributed by atoms with van der Waals surface area (Å²) in [5.41, 5.74) is 3.25. The maximum Gasteiger partial charge on any atom is 0.0894 e. The Morgan fingerprint density at radius 1 is 1.38 bits per heavy atom. The van der Waals surface area contributed by atoms with Crippen LogP contribution in [0.3, 0.4) is 0 Å². The number of para-hydroxylation sites is 1. The lowest BCUT2D eigenvalue weighted by molar-refractivity contribution is 0.828. The van der Waals surface area contributed by atoms with E-state index in [-0.39, 0.29) is 0 Å². The van der Waals surface area contributed by atoms with Gasteiger partial charge in [-0.15, -0.1) is 0 Å². The van der Waals surface area contributed by atoms with Crippen molar-refractivity contribution < 1.29 is 0 Å². The number of alkyl halides is 1. The molecule has 0 saturated carbocycles. The molecule has 1 heterocycles. The van der Waals surface area contributed by atoms with Crippen molar-refractivity contribution >= 4 is 38.4 Å². The van der Waals surface area contributed by atoms with Crippen molar-refractivity contribution in [3.8, 4) is 0 Å². The monoisotopic (exact) mass is 297 g/mol. The fraction of sp³-hybridized carbons (Fsp3) is 0.308. The number of aromatic nitrogens is 1. The van der Waals surface area contributed by atoms with E-state index in [9.17, 15) is 0 Å². The lowest BCUT2D eigenvalue weighted by Gasteiger charge is -2.10. The first-order chi connectivity index (χ1) is 7.63. The van der Waals surface area contributed by atoms with Crippen LogP contribution in [-0.4, -0.2) is 4.98 Å². The van der Waals surface area contributed by atoms with Gasteiger partial charge < -0.3 is 0 Å².